The summed E-state index contributed by atoms with van der Waals surface area (Å²) in [6.45, 7) is 7.04. The van der Waals surface area contributed by atoms with Gasteiger partial charge in [-0.1, -0.05) is 50.2 Å². The van der Waals surface area contributed by atoms with Gasteiger partial charge in [0.25, 0.3) is 20.0 Å². The monoisotopic (exact) mass is 753 g/mol. The highest BCUT2D eigenvalue weighted by atomic mass is 32.3. The molecule has 0 saturated carbocycles. The maximum atomic E-state index is 12.8. The van der Waals surface area contributed by atoms with Crippen molar-refractivity contribution in [3.05, 3.63) is 107 Å². The molecule has 0 atom stereocenters. The van der Waals surface area contributed by atoms with Crippen LogP contribution in [-0.2, 0) is 31.4 Å². The van der Waals surface area contributed by atoms with E-state index in [0.29, 0.717) is 20.7 Å². The lowest BCUT2D eigenvalue weighted by Crippen LogP contribution is -2.22. The molecule has 6 rings (SSSR count). The van der Waals surface area contributed by atoms with Crippen molar-refractivity contribution in [3.8, 4) is 0 Å². The molecule has 0 fully saturated rings. The topological polar surface area (TPSA) is 136 Å². The molecule has 0 bridgehead atoms. The molecular formula is C32H30F3N3O7S4. The Morgan fingerprint density at radius 1 is 0.776 bits per heavy atom. The van der Waals surface area contributed by atoms with Crippen LogP contribution in [-0.4, -0.2) is 66.3 Å². The summed E-state index contributed by atoms with van der Waals surface area (Å²) in [7, 11) is -7.10. The summed E-state index contributed by atoms with van der Waals surface area (Å²) in [5.74, 6) is -2.76. The molecule has 17 heteroatoms. The molecular weight excluding hydrogens is 724 g/mol. The fraction of sp³-hybridized carbons (Fsp3) is 0.188. The Kier molecular flexibility index (Phi) is 11.9. The molecule has 4 heterocycles. The molecule has 0 amide bonds. The van der Waals surface area contributed by atoms with E-state index in [1.807, 2.05) is 18.2 Å². The van der Waals surface area contributed by atoms with E-state index in [1.165, 1.54) is 36.8 Å². The third kappa shape index (κ3) is 8.30. The summed E-state index contributed by atoms with van der Waals surface area (Å²) in [6, 6.07) is 21.1. The van der Waals surface area contributed by atoms with Gasteiger partial charge in [0.2, 0.25) is 0 Å². The van der Waals surface area contributed by atoms with Gasteiger partial charge in [0.1, 0.15) is 8.42 Å². The molecule has 4 aromatic heterocycles. The molecule has 2 aromatic carbocycles. The largest absolute Gasteiger partial charge is 0.490 e. The van der Waals surface area contributed by atoms with E-state index in [0.717, 1.165) is 42.4 Å². The molecule has 0 spiro atoms. The first-order chi connectivity index (χ1) is 23.2. The van der Waals surface area contributed by atoms with Crippen molar-refractivity contribution < 1.29 is 44.7 Å². The van der Waals surface area contributed by atoms with Crippen LogP contribution in [0, 0.1) is 0 Å². The summed E-state index contributed by atoms with van der Waals surface area (Å²) in [4.78, 5) is 22.2. The standard InChI is InChI=1S/C17H20N2O2S2.C13H9NO3S2.C2HF3O2/c1-3-18(4-2)13-14-7-5-8-16-15(14)10-11-19(16)23(20,21)17-9-6-12-22-17;15-9-10-3-1-4-12-11(10)6-7-14(12)19(16,17)13-5-2-8-18-13;3-2(4,5)1(6)7/h5-12H,3-4,13H2,1-2H3;1-9H;(H,6,7). The first-order valence-electron chi connectivity index (χ1n) is 14.4. The normalized spacial score (nSPS) is 12.0. The molecule has 0 aliphatic heterocycles. The van der Waals surface area contributed by atoms with Gasteiger partial charge in [0.05, 0.1) is 11.0 Å². The van der Waals surface area contributed by atoms with Crippen molar-refractivity contribution in [1.29, 1.82) is 0 Å². The van der Waals surface area contributed by atoms with Crippen LogP contribution in [0.3, 0.4) is 0 Å². The molecule has 6 aromatic rings. The molecule has 0 unspecified atom stereocenters. The lowest BCUT2D eigenvalue weighted by Gasteiger charge is -2.18. The maximum absolute atomic E-state index is 12.8. The summed E-state index contributed by atoms with van der Waals surface area (Å²) >= 11 is 2.41. The van der Waals surface area contributed by atoms with Crippen LogP contribution < -0.4 is 0 Å². The van der Waals surface area contributed by atoms with E-state index >= 15 is 0 Å². The van der Waals surface area contributed by atoms with Crippen molar-refractivity contribution in [2.24, 2.45) is 0 Å². The summed E-state index contributed by atoms with van der Waals surface area (Å²) < 4.78 is 85.4. The summed E-state index contributed by atoms with van der Waals surface area (Å²) in [5.41, 5.74) is 2.89. The van der Waals surface area contributed by atoms with Gasteiger partial charge in [-0.05, 0) is 65.8 Å². The number of hydrogen-bond donors (Lipinski definition) is 1. The number of carboxylic acid groups (broad SMARTS) is 1. The molecule has 49 heavy (non-hydrogen) atoms. The van der Waals surface area contributed by atoms with Gasteiger partial charge in [-0.25, -0.2) is 12.7 Å². The second kappa shape index (κ2) is 15.5. The van der Waals surface area contributed by atoms with Crippen LogP contribution in [0.25, 0.3) is 21.8 Å². The lowest BCUT2D eigenvalue weighted by molar-refractivity contribution is -0.192. The third-order valence-electron chi connectivity index (χ3n) is 7.19. The Balaban J connectivity index is 0.000000188. The Morgan fingerprint density at radius 2 is 1.24 bits per heavy atom. The van der Waals surface area contributed by atoms with Crippen molar-refractivity contribution in [2.45, 2.75) is 35.0 Å². The van der Waals surface area contributed by atoms with E-state index in [4.69, 9.17) is 9.90 Å². The molecule has 10 nitrogen and oxygen atoms in total. The fourth-order valence-electron chi connectivity index (χ4n) is 4.74. The highest BCUT2D eigenvalue weighted by molar-refractivity contribution is 7.92. The zero-order valence-corrected chi connectivity index (χ0v) is 29.2. The van der Waals surface area contributed by atoms with Gasteiger partial charge < -0.3 is 5.11 Å². The number of aliphatic carboxylic acids is 1. The van der Waals surface area contributed by atoms with Gasteiger partial charge in [-0.2, -0.15) is 30.0 Å². The second-order valence-electron chi connectivity index (χ2n) is 10.1. The van der Waals surface area contributed by atoms with Gasteiger partial charge in [0.15, 0.2) is 6.29 Å². The zero-order valence-electron chi connectivity index (χ0n) is 25.9. The number of carbonyl (C=O) groups excluding carboxylic acids is 1. The SMILES string of the molecule is CCN(CC)Cc1cccc2c1ccn2S(=O)(=O)c1cccs1.O=C(O)C(F)(F)F.O=Cc1cccc2c1ccn2S(=O)(=O)c1cccs1. The van der Waals surface area contributed by atoms with Gasteiger partial charge in [0, 0.05) is 35.3 Å². The summed E-state index contributed by atoms with van der Waals surface area (Å²) in [5, 5.41) is 12.3. The van der Waals surface area contributed by atoms with Crippen LogP contribution in [0.15, 0.2) is 104 Å². The van der Waals surface area contributed by atoms with Crippen LogP contribution in [0.2, 0.25) is 0 Å². The Bertz CT molecular complexity index is 2260. The van der Waals surface area contributed by atoms with Crippen LogP contribution in [0.1, 0.15) is 29.8 Å². The van der Waals surface area contributed by atoms with Gasteiger partial charge >= 0.3 is 12.1 Å². The Labute approximate surface area is 288 Å². The predicted molar refractivity (Wildman–Crippen MR) is 183 cm³/mol. The Morgan fingerprint density at radius 3 is 1.67 bits per heavy atom. The quantitative estimate of drug-likeness (QED) is 0.154. The number of aldehydes is 1. The highest BCUT2D eigenvalue weighted by Gasteiger charge is 2.38. The second-order valence-corrected chi connectivity index (χ2v) is 16.1. The molecule has 0 radical (unpaired) electrons. The number of rotatable bonds is 9. The van der Waals surface area contributed by atoms with E-state index in [9.17, 15) is 34.8 Å². The number of carboxylic acids is 1. The highest BCUT2D eigenvalue weighted by Crippen LogP contribution is 2.28. The van der Waals surface area contributed by atoms with E-state index < -0.39 is 32.2 Å². The number of nitrogens with zero attached hydrogens (tertiary/aromatic N) is 3. The molecule has 1 N–H and O–H groups in total. The van der Waals surface area contributed by atoms with Crippen molar-refractivity contribution in [2.75, 3.05) is 13.1 Å². The third-order valence-corrected chi connectivity index (χ3v) is 13.3. The number of carbonyl (C=O) groups is 2. The van der Waals surface area contributed by atoms with E-state index in [-0.39, 0.29) is 4.21 Å². The number of halogens is 3. The molecule has 260 valence electrons. The van der Waals surface area contributed by atoms with Crippen LogP contribution >= 0.6 is 22.7 Å². The first kappa shape index (κ1) is 37.5. The lowest BCUT2D eigenvalue weighted by atomic mass is 10.1. The van der Waals surface area contributed by atoms with Gasteiger partial charge in [-0.3, -0.25) is 9.69 Å². The van der Waals surface area contributed by atoms with Crippen molar-refractivity contribution in [1.82, 2.24) is 12.8 Å². The smallest absolute Gasteiger partial charge is 0.475 e. The number of benzene rings is 2. The van der Waals surface area contributed by atoms with E-state index in [1.54, 1.807) is 65.5 Å². The van der Waals surface area contributed by atoms with E-state index in [2.05, 4.69) is 24.8 Å². The number of fused-ring (bicyclic) bond motifs is 2. The minimum absolute atomic E-state index is 0.279. The van der Waals surface area contributed by atoms with Crippen LogP contribution in [0.5, 0.6) is 0 Å². The number of thiophene rings is 2. The van der Waals surface area contributed by atoms with Crippen LogP contribution in [0.4, 0.5) is 13.2 Å². The molecule has 0 aliphatic carbocycles. The number of alkyl halides is 3. The number of aromatic nitrogens is 2. The summed E-state index contributed by atoms with van der Waals surface area (Å²) in [6.07, 6.45) is -1.22. The predicted octanol–water partition coefficient (Wildman–Crippen LogP) is 7.17. The first-order valence-corrected chi connectivity index (χ1v) is 19.1. The minimum atomic E-state index is -5.08. The average Bonchev–Trinajstić information content (AvgIpc) is 3.90. The minimum Gasteiger partial charge on any atom is -0.475 e. The maximum Gasteiger partial charge on any atom is 0.490 e. The molecule has 0 aliphatic rings. The molecule has 0 saturated heterocycles. The average molecular weight is 754 g/mol. The fourth-order valence-corrected chi connectivity index (χ4v) is 9.59. The zero-order chi connectivity index (χ0) is 36.0. The van der Waals surface area contributed by atoms with Crippen molar-refractivity contribution in [3.63, 3.8) is 0 Å². The van der Waals surface area contributed by atoms with Crippen molar-refractivity contribution >= 4 is 76.8 Å². The van der Waals surface area contributed by atoms with Gasteiger partial charge in [-0.15, -0.1) is 22.7 Å². The Hall–Kier alpha value is -4.29. The number of hydrogen-bond acceptors (Lipinski definition) is 9.